The lowest BCUT2D eigenvalue weighted by molar-refractivity contribution is 0.660. The first-order valence-corrected chi connectivity index (χ1v) is 30.3. The number of anilines is 6. The summed E-state index contributed by atoms with van der Waals surface area (Å²) >= 11 is 0. The Kier molecular flexibility index (Phi) is 11.6. The van der Waals surface area contributed by atoms with Gasteiger partial charge in [0.25, 0.3) is 0 Å². The molecule has 16 aromatic rings. The van der Waals surface area contributed by atoms with E-state index in [-0.39, 0.29) is 5.41 Å². The molecule has 0 heterocycles. The van der Waals surface area contributed by atoms with Crippen LogP contribution in [-0.2, 0) is 5.41 Å². The van der Waals surface area contributed by atoms with Crippen LogP contribution in [0.5, 0.6) is 0 Å². The topological polar surface area (TPSA) is 6.48 Å². The summed E-state index contributed by atoms with van der Waals surface area (Å²) in [6.45, 7) is 4.73. The van der Waals surface area contributed by atoms with Crippen LogP contribution >= 0.6 is 0 Å². The molecule has 0 fully saturated rings. The predicted octanol–water partition coefficient (Wildman–Crippen LogP) is 24.0. The molecule has 1 aliphatic rings. The van der Waals surface area contributed by atoms with Gasteiger partial charge in [0, 0.05) is 39.5 Å². The average molecular weight is 1110 g/mol. The van der Waals surface area contributed by atoms with E-state index in [0.29, 0.717) is 0 Å². The van der Waals surface area contributed by atoms with Crippen LogP contribution in [0, 0.1) is 0 Å². The van der Waals surface area contributed by atoms with Crippen LogP contribution in [-0.4, -0.2) is 0 Å². The minimum Gasteiger partial charge on any atom is -0.310 e. The highest BCUT2D eigenvalue weighted by Crippen LogP contribution is 2.52. The Hall–Kier alpha value is -11.1. The fraction of sp³-hybridized carbons (Fsp3) is 0.0353. The van der Waals surface area contributed by atoms with Gasteiger partial charge in [0.05, 0.1) is 0 Å². The summed E-state index contributed by atoms with van der Waals surface area (Å²) in [4.78, 5) is 4.90. The third-order valence-corrected chi connectivity index (χ3v) is 18.7. The number of benzene rings is 16. The molecule has 87 heavy (non-hydrogen) atoms. The highest BCUT2D eigenvalue weighted by atomic mass is 15.1. The van der Waals surface area contributed by atoms with Gasteiger partial charge in [-0.1, -0.05) is 244 Å². The number of hydrogen-bond acceptors (Lipinski definition) is 2. The van der Waals surface area contributed by atoms with Crippen molar-refractivity contribution in [2.24, 2.45) is 0 Å². The Balaban J connectivity index is 0.938. The first-order chi connectivity index (χ1) is 42.8. The van der Waals surface area contributed by atoms with Crippen LogP contribution in [0.2, 0.25) is 0 Å². The number of rotatable bonds is 9. The van der Waals surface area contributed by atoms with Gasteiger partial charge in [-0.25, -0.2) is 0 Å². The molecule has 0 saturated heterocycles. The SMILES string of the molecule is CC1(C)c2ccccc2-c2ccc(-c3ccc(-c4c5ccc(N(c6ccc7ccccc7c6)c6ccc7ccccc7c6)cc5c(-c5ccc6ccccc6c5)c5ccc(N(c6ccc7ccccc7c6)c6ccc7ccccc7c6)cc45)cc3)cc21. The van der Waals surface area contributed by atoms with Crippen LogP contribution in [0.15, 0.2) is 315 Å². The van der Waals surface area contributed by atoms with Crippen molar-refractivity contribution >= 4 is 110 Å². The maximum atomic E-state index is 2.47. The second-order valence-electron chi connectivity index (χ2n) is 24.1. The van der Waals surface area contributed by atoms with E-state index in [0.717, 1.165) is 39.7 Å². The zero-order valence-corrected chi connectivity index (χ0v) is 48.4. The molecule has 17 rings (SSSR count). The minimum atomic E-state index is -0.102. The van der Waals surface area contributed by atoms with E-state index in [2.05, 4.69) is 339 Å². The molecular formula is C85H58N2. The Morgan fingerprint density at radius 1 is 0.207 bits per heavy atom. The van der Waals surface area contributed by atoms with Crippen LogP contribution < -0.4 is 9.80 Å². The second kappa shape index (κ2) is 20.1. The van der Waals surface area contributed by atoms with Crippen molar-refractivity contribution in [3.05, 3.63) is 327 Å². The van der Waals surface area contributed by atoms with Crippen molar-refractivity contribution in [1.82, 2.24) is 0 Å². The molecule has 0 bridgehead atoms. The Morgan fingerprint density at radius 3 is 0.989 bits per heavy atom. The zero-order valence-electron chi connectivity index (χ0n) is 48.4. The van der Waals surface area contributed by atoms with Crippen molar-refractivity contribution < 1.29 is 0 Å². The van der Waals surface area contributed by atoms with Gasteiger partial charge in [0.2, 0.25) is 0 Å². The standard InChI is InChI=1S/C85H58N2/c1-85(2)81-26-14-13-25-75(81)76-44-37-67(52-82(76)85)60-27-30-61(31-28-60)83-77-45-42-74(87(71-40-35-58-18-6-11-23-65(58)50-71)72-41-36-59-19-7-12-24-66(59)51-72)54-80(77)84(68-32-29-55-15-3-8-20-62(55)47-68)78-46-43-73(53-79(78)83)86(69-38-33-56-16-4-9-21-63(56)48-69)70-39-34-57-17-5-10-22-64(57)49-70/h3-54H,1-2H3. The van der Waals surface area contributed by atoms with Gasteiger partial charge in [0.1, 0.15) is 0 Å². The Morgan fingerprint density at radius 2 is 0.529 bits per heavy atom. The summed E-state index contributed by atoms with van der Waals surface area (Å²) in [5, 5.41) is 16.8. The third-order valence-electron chi connectivity index (χ3n) is 18.7. The summed E-state index contributed by atoms with van der Waals surface area (Å²) in [5.41, 5.74) is 19.0. The maximum absolute atomic E-state index is 2.47. The molecule has 408 valence electrons. The molecule has 0 aliphatic heterocycles. The highest BCUT2D eigenvalue weighted by Gasteiger charge is 2.35. The van der Waals surface area contributed by atoms with Crippen molar-refractivity contribution in [3.63, 3.8) is 0 Å². The van der Waals surface area contributed by atoms with E-state index in [4.69, 9.17) is 0 Å². The summed E-state index contributed by atoms with van der Waals surface area (Å²) < 4.78 is 0. The smallest absolute Gasteiger partial charge is 0.0468 e. The van der Waals surface area contributed by atoms with Crippen molar-refractivity contribution in [3.8, 4) is 44.5 Å². The van der Waals surface area contributed by atoms with Crippen LogP contribution in [0.3, 0.4) is 0 Å². The van der Waals surface area contributed by atoms with Crippen LogP contribution in [0.4, 0.5) is 34.1 Å². The third kappa shape index (κ3) is 8.47. The van der Waals surface area contributed by atoms with E-state index in [9.17, 15) is 0 Å². The molecule has 1 aliphatic carbocycles. The summed E-state index contributed by atoms with van der Waals surface area (Å²) in [5.74, 6) is 0. The molecule has 2 nitrogen and oxygen atoms in total. The summed E-state index contributed by atoms with van der Waals surface area (Å²) in [6.07, 6.45) is 0. The molecule has 2 heteroatoms. The molecule has 0 aromatic heterocycles. The van der Waals surface area contributed by atoms with Gasteiger partial charge in [-0.3, -0.25) is 0 Å². The zero-order chi connectivity index (χ0) is 57.7. The molecule has 0 radical (unpaired) electrons. The minimum absolute atomic E-state index is 0.102. The van der Waals surface area contributed by atoms with Gasteiger partial charge >= 0.3 is 0 Å². The molecule has 0 spiro atoms. The Labute approximate surface area is 506 Å². The van der Waals surface area contributed by atoms with E-state index < -0.39 is 0 Å². The van der Waals surface area contributed by atoms with E-state index >= 15 is 0 Å². The molecule has 0 N–H and O–H groups in total. The molecule has 0 unspecified atom stereocenters. The normalized spacial score (nSPS) is 12.6. The van der Waals surface area contributed by atoms with Gasteiger partial charge in [-0.15, -0.1) is 0 Å². The van der Waals surface area contributed by atoms with Gasteiger partial charge in [-0.05, 0) is 216 Å². The lowest BCUT2D eigenvalue weighted by Crippen LogP contribution is -2.14. The second-order valence-corrected chi connectivity index (χ2v) is 24.1. The van der Waals surface area contributed by atoms with Gasteiger partial charge < -0.3 is 9.80 Å². The quantitative estimate of drug-likeness (QED) is 0.133. The van der Waals surface area contributed by atoms with Crippen molar-refractivity contribution in [2.75, 3.05) is 9.80 Å². The molecule has 0 atom stereocenters. The first-order valence-electron chi connectivity index (χ1n) is 30.3. The number of hydrogen-bond donors (Lipinski definition) is 0. The van der Waals surface area contributed by atoms with Crippen molar-refractivity contribution in [2.45, 2.75) is 19.3 Å². The van der Waals surface area contributed by atoms with Crippen molar-refractivity contribution in [1.29, 1.82) is 0 Å². The van der Waals surface area contributed by atoms with E-state index in [1.165, 1.54) is 125 Å². The molecule has 0 saturated carbocycles. The van der Waals surface area contributed by atoms with E-state index in [1.54, 1.807) is 0 Å². The fourth-order valence-corrected chi connectivity index (χ4v) is 14.3. The summed E-state index contributed by atoms with van der Waals surface area (Å²) in [7, 11) is 0. The summed E-state index contributed by atoms with van der Waals surface area (Å²) in [6, 6.07) is 118. The van der Waals surface area contributed by atoms with Crippen LogP contribution in [0.1, 0.15) is 25.0 Å². The van der Waals surface area contributed by atoms with E-state index in [1.807, 2.05) is 0 Å². The monoisotopic (exact) mass is 1110 g/mol. The molecule has 0 amide bonds. The van der Waals surface area contributed by atoms with Gasteiger partial charge in [0.15, 0.2) is 0 Å². The fourth-order valence-electron chi connectivity index (χ4n) is 14.3. The molecular weight excluding hydrogens is 1050 g/mol. The predicted molar refractivity (Wildman–Crippen MR) is 372 cm³/mol. The highest BCUT2D eigenvalue weighted by molar-refractivity contribution is 6.23. The number of nitrogens with zero attached hydrogens (tertiary/aromatic N) is 2. The Bertz CT molecular complexity index is 5300. The lowest BCUT2D eigenvalue weighted by Gasteiger charge is -2.29. The van der Waals surface area contributed by atoms with Gasteiger partial charge in [-0.2, -0.15) is 0 Å². The lowest BCUT2D eigenvalue weighted by atomic mass is 9.81. The number of fused-ring (bicyclic) bond motifs is 10. The van der Waals surface area contributed by atoms with Crippen LogP contribution in [0.25, 0.3) is 120 Å². The largest absolute Gasteiger partial charge is 0.310 e. The maximum Gasteiger partial charge on any atom is 0.0468 e. The average Bonchev–Trinajstić information content (AvgIpc) is 1.46. The first kappa shape index (κ1) is 50.5. The molecule has 16 aromatic carbocycles.